The highest BCUT2D eigenvalue weighted by molar-refractivity contribution is 8.00. The highest BCUT2D eigenvalue weighted by Crippen LogP contribution is 2.29. The molecule has 120 valence electrons. The van der Waals surface area contributed by atoms with Crippen molar-refractivity contribution in [2.75, 3.05) is 17.7 Å². The number of thioether (sulfide) groups is 1. The number of nitrogens with zero attached hydrogens (tertiary/aromatic N) is 4. The molecule has 0 fully saturated rings. The zero-order valence-corrected chi connectivity index (χ0v) is 14.0. The van der Waals surface area contributed by atoms with Gasteiger partial charge in [0.2, 0.25) is 5.91 Å². The van der Waals surface area contributed by atoms with Crippen LogP contribution in [0.15, 0.2) is 41.4 Å². The minimum absolute atomic E-state index is 0.0510. The van der Waals surface area contributed by atoms with Crippen molar-refractivity contribution in [1.82, 2.24) is 4.98 Å². The number of nitrogen functional groups attached to an aromatic ring is 1. The molecule has 1 heterocycles. The summed E-state index contributed by atoms with van der Waals surface area (Å²) >= 11 is 1.15. The summed E-state index contributed by atoms with van der Waals surface area (Å²) in [5.74, 6) is -0.0742. The lowest BCUT2D eigenvalue weighted by molar-refractivity contribution is -0.117. The van der Waals surface area contributed by atoms with E-state index < -0.39 is 5.25 Å². The number of aromatic nitrogens is 1. The van der Waals surface area contributed by atoms with Crippen LogP contribution in [0.4, 0.5) is 11.5 Å². The Morgan fingerprint density at radius 3 is 2.46 bits per heavy atom. The van der Waals surface area contributed by atoms with Crippen LogP contribution in [-0.2, 0) is 4.79 Å². The summed E-state index contributed by atoms with van der Waals surface area (Å²) in [6.07, 6.45) is 0. The van der Waals surface area contributed by atoms with Gasteiger partial charge in [0.1, 0.15) is 23.0 Å². The van der Waals surface area contributed by atoms with Crippen molar-refractivity contribution in [3.63, 3.8) is 0 Å². The molecule has 1 atom stereocenters. The van der Waals surface area contributed by atoms with Crippen LogP contribution in [0.3, 0.4) is 0 Å². The Labute approximate surface area is 144 Å². The van der Waals surface area contributed by atoms with Gasteiger partial charge in [-0.25, -0.2) is 4.98 Å². The molecular weight excluding hydrogens is 322 g/mol. The number of rotatable bonds is 4. The third-order valence-corrected chi connectivity index (χ3v) is 4.46. The Balaban J connectivity index is 2.22. The van der Waals surface area contributed by atoms with Gasteiger partial charge in [0.05, 0.1) is 16.4 Å². The number of carbonyl (C=O) groups excluding carboxylic acids is 1. The van der Waals surface area contributed by atoms with E-state index in [0.29, 0.717) is 5.03 Å². The predicted octanol–water partition coefficient (Wildman–Crippen LogP) is 2.55. The first-order valence-electron chi connectivity index (χ1n) is 7.08. The van der Waals surface area contributed by atoms with E-state index >= 15 is 0 Å². The van der Waals surface area contributed by atoms with Gasteiger partial charge in [-0.05, 0) is 25.1 Å². The molecule has 0 unspecified atom stereocenters. The molecule has 1 amide bonds. The molecule has 0 radical (unpaired) electrons. The molecular formula is C17H15N5OS. The van der Waals surface area contributed by atoms with Gasteiger partial charge in [0, 0.05) is 12.7 Å². The maximum atomic E-state index is 12.6. The number of benzene rings is 1. The monoisotopic (exact) mass is 337 g/mol. The van der Waals surface area contributed by atoms with Crippen molar-refractivity contribution in [3.05, 3.63) is 47.5 Å². The normalized spacial score (nSPS) is 11.2. The third-order valence-electron chi connectivity index (χ3n) is 3.37. The standard InChI is InChI=1S/C17H15N5OS/c1-11(17(23)22(2)14-6-4-3-5-7-14)24-16-13(10-19)8-12(9-18)15(20)21-16/h3-8,11H,1-2H3,(H2,20,21)/t11-/m1/s1. The van der Waals surface area contributed by atoms with E-state index in [4.69, 9.17) is 11.0 Å². The summed E-state index contributed by atoms with van der Waals surface area (Å²) in [5.41, 5.74) is 6.87. The fourth-order valence-corrected chi connectivity index (χ4v) is 3.02. The minimum atomic E-state index is -0.470. The number of nitriles is 2. The van der Waals surface area contributed by atoms with Crippen molar-refractivity contribution in [1.29, 1.82) is 10.5 Å². The molecule has 0 saturated carbocycles. The Bertz CT molecular complexity index is 839. The lowest BCUT2D eigenvalue weighted by Gasteiger charge is -2.21. The van der Waals surface area contributed by atoms with Gasteiger partial charge in [0.15, 0.2) is 0 Å². The molecule has 0 saturated heterocycles. The maximum absolute atomic E-state index is 12.6. The number of hydrogen-bond acceptors (Lipinski definition) is 6. The number of pyridine rings is 1. The lowest BCUT2D eigenvalue weighted by atomic mass is 10.2. The summed E-state index contributed by atoms with van der Waals surface area (Å²) < 4.78 is 0. The topological polar surface area (TPSA) is 107 Å². The van der Waals surface area contributed by atoms with Gasteiger partial charge < -0.3 is 10.6 Å². The minimum Gasteiger partial charge on any atom is -0.383 e. The molecule has 24 heavy (non-hydrogen) atoms. The molecule has 0 aliphatic heterocycles. The van der Waals surface area contributed by atoms with Gasteiger partial charge in [-0.1, -0.05) is 30.0 Å². The Hall–Kier alpha value is -3.03. The van der Waals surface area contributed by atoms with Gasteiger partial charge >= 0.3 is 0 Å². The molecule has 7 heteroatoms. The Morgan fingerprint density at radius 1 is 1.25 bits per heavy atom. The van der Waals surface area contributed by atoms with Crippen LogP contribution in [0, 0.1) is 22.7 Å². The quantitative estimate of drug-likeness (QED) is 0.859. The van der Waals surface area contributed by atoms with E-state index in [2.05, 4.69) is 4.98 Å². The van der Waals surface area contributed by atoms with E-state index in [1.54, 1.807) is 18.9 Å². The maximum Gasteiger partial charge on any atom is 0.239 e. The summed E-state index contributed by atoms with van der Waals surface area (Å²) in [6.45, 7) is 1.74. The van der Waals surface area contributed by atoms with E-state index in [9.17, 15) is 10.1 Å². The Kier molecular flexibility index (Phi) is 5.41. The molecule has 2 aromatic rings. The fourth-order valence-electron chi connectivity index (χ4n) is 2.04. The van der Waals surface area contributed by atoms with Crippen molar-refractivity contribution >= 4 is 29.2 Å². The molecule has 0 spiro atoms. The van der Waals surface area contributed by atoms with E-state index in [-0.39, 0.29) is 22.9 Å². The highest BCUT2D eigenvalue weighted by Gasteiger charge is 2.22. The average Bonchev–Trinajstić information content (AvgIpc) is 2.61. The molecule has 2 N–H and O–H groups in total. The number of nitrogens with two attached hydrogens (primary N) is 1. The van der Waals surface area contributed by atoms with Crippen LogP contribution in [0.2, 0.25) is 0 Å². The molecule has 2 rings (SSSR count). The fraction of sp³-hybridized carbons (Fsp3) is 0.176. The van der Waals surface area contributed by atoms with Gasteiger partial charge in [-0.2, -0.15) is 10.5 Å². The predicted molar refractivity (Wildman–Crippen MR) is 93.3 cm³/mol. The van der Waals surface area contributed by atoms with Crippen LogP contribution in [0.25, 0.3) is 0 Å². The number of para-hydroxylation sites is 1. The number of anilines is 2. The average molecular weight is 337 g/mol. The second kappa shape index (κ2) is 7.49. The van der Waals surface area contributed by atoms with Crippen LogP contribution < -0.4 is 10.6 Å². The zero-order chi connectivity index (χ0) is 17.7. The van der Waals surface area contributed by atoms with Crippen LogP contribution in [0.5, 0.6) is 0 Å². The van der Waals surface area contributed by atoms with Crippen molar-refractivity contribution in [2.24, 2.45) is 0 Å². The molecule has 0 bridgehead atoms. The zero-order valence-electron chi connectivity index (χ0n) is 13.2. The van der Waals surface area contributed by atoms with Crippen molar-refractivity contribution in [2.45, 2.75) is 17.2 Å². The number of carbonyl (C=O) groups is 1. The second-order valence-corrected chi connectivity index (χ2v) is 6.32. The number of amides is 1. The van der Waals surface area contributed by atoms with E-state index in [0.717, 1.165) is 17.4 Å². The SMILES string of the molecule is C[C@@H](Sc1nc(N)c(C#N)cc1C#N)C(=O)N(C)c1ccccc1. The lowest BCUT2D eigenvalue weighted by Crippen LogP contribution is -2.33. The number of hydrogen-bond donors (Lipinski definition) is 1. The highest BCUT2D eigenvalue weighted by atomic mass is 32.2. The summed E-state index contributed by atoms with van der Waals surface area (Å²) in [5, 5.41) is 18.0. The molecule has 1 aromatic heterocycles. The van der Waals surface area contributed by atoms with E-state index in [1.165, 1.54) is 6.07 Å². The summed E-state index contributed by atoms with van der Waals surface area (Å²) in [7, 11) is 1.69. The molecule has 1 aromatic carbocycles. The summed E-state index contributed by atoms with van der Waals surface area (Å²) in [4.78, 5) is 18.2. The van der Waals surface area contributed by atoms with Crippen LogP contribution >= 0.6 is 11.8 Å². The van der Waals surface area contributed by atoms with E-state index in [1.807, 2.05) is 42.5 Å². The first-order chi connectivity index (χ1) is 11.5. The molecule has 0 aliphatic carbocycles. The van der Waals surface area contributed by atoms with Gasteiger partial charge in [-0.3, -0.25) is 4.79 Å². The molecule has 0 aliphatic rings. The first kappa shape index (κ1) is 17.3. The smallest absolute Gasteiger partial charge is 0.239 e. The first-order valence-corrected chi connectivity index (χ1v) is 7.96. The Morgan fingerprint density at radius 2 is 1.88 bits per heavy atom. The largest absolute Gasteiger partial charge is 0.383 e. The van der Waals surface area contributed by atoms with Gasteiger partial charge in [0.25, 0.3) is 0 Å². The van der Waals surface area contributed by atoms with Crippen LogP contribution in [0.1, 0.15) is 18.1 Å². The van der Waals surface area contributed by atoms with Gasteiger partial charge in [-0.15, -0.1) is 0 Å². The second-order valence-electron chi connectivity index (χ2n) is 4.99. The third kappa shape index (κ3) is 3.65. The molecule has 6 nitrogen and oxygen atoms in total. The van der Waals surface area contributed by atoms with Crippen molar-refractivity contribution in [3.8, 4) is 12.1 Å². The summed E-state index contributed by atoms with van der Waals surface area (Å²) in [6, 6.07) is 14.5. The van der Waals surface area contributed by atoms with Crippen LogP contribution in [-0.4, -0.2) is 23.2 Å². The van der Waals surface area contributed by atoms with Crippen molar-refractivity contribution < 1.29 is 4.79 Å².